The van der Waals surface area contributed by atoms with Crippen LogP contribution in [0.3, 0.4) is 0 Å². The van der Waals surface area contributed by atoms with Crippen molar-refractivity contribution in [2.24, 2.45) is 0 Å². The molecule has 0 saturated heterocycles. The lowest BCUT2D eigenvalue weighted by Crippen LogP contribution is -2.61. The maximum atomic E-state index is 7.66. The monoisotopic (exact) mass is 869 g/mol. The highest BCUT2D eigenvalue weighted by molar-refractivity contribution is 7.00. The van der Waals surface area contributed by atoms with Gasteiger partial charge in [-0.1, -0.05) is 164 Å². The van der Waals surface area contributed by atoms with Gasteiger partial charge in [0.2, 0.25) is 0 Å². The summed E-state index contributed by atoms with van der Waals surface area (Å²) in [4.78, 5) is 5.25. The van der Waals surface area contributed by atoms with E-state index in [2.05, 4.69) is 222 Å². The fraction of sp³-hybridized carbons (Fsp3) is 0.387. The second-order valence-electron chi connectivity index (χ2n) is 25.2. The maximum Gasteiger partial charge on any atom is 0.297 e. The molecular weight excluding hydrogens is 800 g/mol. The van der Waals surface area contributed by atoms with Gasteiger partial charge in [-0.25, -0.2) is 0 Å². The molecule has 3 heterocycles. The topological polar surface area (TPSA) is 19.6 Å². The molecule has 7 aromatic rings. The summed E-state index contributed by atoms with van der Waals surface area (Å²) in [5.41, 5.74) is 22.9. The van der Waals surface area contributed by atoms with Gasteiger partial charge in [-0.15, -0.1) is 0 Å². The van der Waals surface area contributed by atoms with Crippen LogP contribution in [0, 0.1) is 0 Å². The molecule has 0 fully saturated rings. The number of rotatable bonds is 3. The molecule has 0 amide bonds. The molecule has 0 N–H and O–H groups in total. The zero-order valence-electron chi connectivity index (χ0n) is 42.2. The molecule has 0 radical (unpaired) electrons. The average molecular weight is 869 g/mol. The number of hydrogen-bond acceptors (Lipinski definition) is 3. The minimum absolute atomic E-state index is 0.0221. The average Bonchev–Trinajstić information content (AvgIpc) is 3.64. The Bertz CT molecular complexity index is 3110. The zero-order chi connectivity index (χ0) is 46.7. The number of para-hydroxylation sites is 1. The van der Waals surface area contributed by atoms with Gasteiger partial charge >= 0.3 is 0 Å². The van der Waals surface area contributed by atoms with E-state index < -0.39 is 0 Å². The van der Waals surface area contributed by atoms with Crippen LogP contribution in [0.5, 0.6) is 0 Å². The fourth-order valence-electron chi connectivity index (χ4n) is 12.2. The predicted molar refractivity (Wildman–Crippen MR) is 284 cm³/mol. The van der Waals surface area contributed by atoms with E-state index in [1.165, 1.54) is 89.3 Å². The summed E-state index contributed by atoms with van der Waals surface area (Å²) in [5.74, 6) is 0. The van der Waals surface area contributed by atoms with E-state index in [1.54, 1.807) is 0 Å². The number of fused-ring (bicyclic) bond motifs is 8. The Hall–Kier alpha value is -5.48. The summed E-state index contributed by atoms with van der Waals surface area (Å²) in [6.07, 6.45) is 4.62. The highest BCUT2D eigenvalue weighted by Crippen LogP contribution is 2.54. The summed E-state index contributed by atoms with van der Waals surface area (Å²) >= 11 is 0. The van der Waals surface area contributed by atoms with Crippen LogP contribution in [-0.4, -0.2) is 6.71 Å². The lowest BCUT2D eigenvalue weighted by molar-refractivity contribution is 0.332. The van der Waals surface area contributed by atoms with Crippen molar-refractivity contribution >= 4 is 68.4 Å². The van der Waals surface area contributed by atoms with E-state index in [-0.39, 0.29) is 39.2 Å². The first-order chi connectivity index (χ1) is 31.0. The summed E-state index contributed by atoms with van der Waals surface area (Å²) in [5, 5.41) is 1.21. The molecule has 66 heavy (non-hydrogen) atoms. The van der Waals surface area contributed by atoms with Crippen LogP contribution in [0.2, 0.25) is 0 Å². The lowest BCUT2D eigenvalue weighted by Gasteiger charge is -2.47. The second-order valence-corrected chi connectivity index (χ2v) is 25.2. The summed E-state index contributed by atoms with van der Waals surface area (Å²) in [7, 11) is 0. The molecule has 6 aromatic carbocycles. The van der Waals surface area contributed by atoms with Gasteiger partial charge in [0.1, 0.15) is 5.58 Å². The third-order valence-corrected chi connectivity index (χ3v) is 16.7. The largest absolute Gasteiger partial charge is 0.468 e. The minimum atomic E-state index is -0.136. The number of furan rings is 1. The number of nitrogens with zero attached hydrogens (tertiary/aromatic N) is 2. The third kappa shape index (κ3) is 6.43. The van der Waals surface area contributed by atoms with E-state index in [0.29, 0.717) is 0 Å². The normalized spacial score (nSPS) is 18.6. The van der Waals surface area contributed by atoms with Crippen molar-refractivity contribution in [3.8, 4) is 11.1 Å². The smallest absolute Gasteiger partial charge is 0.297 e. The van der Waals surface area contributed by atoms with Crippen molar-refractivity contribution in [3.05, 3.63) is 149 Å². The molecule has 0 saturated carbocycles. The molecule has 2 aliphatic carbocycles. The molecule has 0 unspecified atom stereocenters. The van der Waals surface area contributed by atoms with E-state index in [9.17, 15) is 0 Å². The summed E-state index contributed by atoms with van der Waals surface area (Å²) in [6.45, 7) is 33.6. The Labute approximate surface area is 395 Å². The lowest BCUT2D eigenvalue weighted by atomic mass is 9.35. The van der Waals surface area contributed by atoms with Gasteiger partial charge in [-0.3, -0.25) is 0 Å². The molecule has 2 aliphatic heterocycles. The first-order valence-corrected chi connectivity index (χ1v) is 24.8. The van der Waals surface area contributed by atoms with Crippen LogP contribution < -0.4 is 26.4 Å². The van der Waals surface area contributed by atoms with Crippen LogP contribution in [0.25, 0.3) is 22.1 Å². The van der Waals surface area contributed by atoms with Crippen molar-refractivity contribution in [2.75, 3.05) is 9.80 Å². The van der Waals surface area contributed by atoms with Crippen molar-refractivity contribution in [2.45, 2.75) is 155 Å². The standard InChI is InChI=1S/C62H69BN2O/c1-57(2,3)39-24-26-41(27-25-39)64-51-32-40(58(4,5)6)33-52-54(51)63(56-55(64)43-34-44-47(37-53(43)66-56)62(13,14)31-28-59(44,7)8)48-35-45-46(61(11,12)30-29-60(45,9)10)36-50(48)65(52)49-23-19-18-22-42(49)38-20-16-15-17-21-38/h15-27,32-37H,28-31H2,1-14H3. The summed E-state index contributed by atoms with van der Waals surface area (Å²) < 4.78 is 7.66. The van der Waals surface area contributed by atoms with E-state index in [4.69, 9.17) is 4.42 Å². The molecule has 0 bridgehead atoms. The quantitative estimate of drug-likeness (QED) is 0.165. The molecule has 3 nitrogen and oxygen atoms in total. The van der Waals surface area contributed by atoms with Gasteiger partial charge in [0.15, 0.2) is 0 Å². The minimum Gasteiger partial charge on any atom is -0.468 e. The molecule has 0 spiro atoms. The molecule has 11 rings (SSSR count). The Morgan fingerprint density at radius 2 is 1.00 bits per heavy atom. The molecular formula is C62H69BN2O. The van der Waals surface area contributed by atoms with Crippen LogP contribution in [0.4, 0.5) is 34.1 Å². The second kappa shape index (κ2) is 14.0. The first kappa shape index (κ1) is 43.1. The van der Waals surface area contributed by atoms with E-state index >= 15 is 0 Å². The molecule has 1 aromatic heterocycles. The SMILES string of the molecule is CC(C)(C)c1ccc(N2c3cc(C(C)(C)C)cc4c3B(c3cc5c(cc3N4c3ccccc3-c3ccccc3)C(C)(C)CCC5(C)C)c3oc4cc5c(cc4c32)C(C)(C)CCC5(C)C)cc1. The van der Waals surface area contributed by atoms with Gasteiger partial charge in [-0.2, -0.15) is 0 Å². The highest BCUT2D eigenvalue weighted by Gasteiger charge is 2.50. The first-order valence-electron chi connectivity index (χ1n) is 24.8. The number of anilines is 6. The Balaban J connectivity index is 1.31. The zero-order valence-corrected chi connectivity index (χ0v) is 42.2. The van der Waals surface area contributed by atoms with Crippen LogP contribution >= 0.6 is 0 Å². The number of benzene rings is 6. The van der Waals surface area contributed by atoms with Crippen LogP contribution in [0.15, 0.2) is 120 Å². The Morgan fingerprint density at radius 3 is 1.59 bits per heavy atom. The Kier molecular flexibility index (Phi) is 9.17. The summed E-state index contributed by atoms with van der Waals surface area (Å²) in [6, 6.07) is 44.8. The van der Waals surface area contributed by atoms with Crippen molar-refractivity contribution in [1.82, 2.24) is 0 Å². The van der Waals surface area contributed by atoms with Crippen molar-refractivity contribution in [3.63, 3.8) is 0 Å². The fourth-order valence-corrected chi connectivity index (χ4v) is 12.2. The molecule has 336 valence electrons. The Morgan fingerprint density at radius 1 is 0.485 bits per heavy atom. The van der Waals surface area contributed by atoms with Crippen LogP contribution in [0.1, 0.15) is 156 Å². The van der Waals surface area contributed by atoms with E-state index in [0.717, 1.165) is 42.6 Å². The van der Waals surface area contributed by atoms with Gasteiger partial charge < -0.3 is 14.2 Å². The van der Waals surface area contributed by atoms with Crippen molar-refractivity contribution in [1.29, 1.82) is 0 Å². The molecule has 4 aliphatic rings. The van der Waals surface area contributed by atoms with Gasteiger partial charge in [-0.05, 0) is 157 Å². The predicted octanol–water partition coefficient (Wildman–Crippen LogP) is 15.5. The van der Waals surface area contributed by atoms with Gasteiger partial charge in [0.25, 0.3) is 6.71 Å². The van der Waals surface area contributed by atoms with Gasteiger partial charge in [0.05, 0.1) is 17.0 Å². The molecule has 0 atom stereocenters. The maximum absolute atomic E-state index is 7.66. The van der Waals surface area contributed by atoms with Crippen molar-refractivity contribution < 1.29 is 4.42 Å². The van der Waals surface area contributed by atoms with Gasteiger partial charge in [0, 0.05) is 33.7 Å². The molecule has 4 heteroatoms. The third-order valence-electron chi connectivity index (χ3n) is 16.7. The van der Waals surface area contributed by atoms with E-state index in [1.807, 2.05) is 0 Å². The number of hydrogen-bond donors (Lipinski definition) is 0. The van der Waals surface area contributed by atoms with Crippen LogP contribution in [-0.2, 0) is 32.5 Å². The highest BCUT2D eigenvalue weighted by atomic mass is 16.3.